The molecule has 0 N–H and O–H groups in total. The number of aryl methyl sites for hydroxylation is 1. The predicted octanol–water partition coefficient (Wildman–Crippen LogP) is 7.05. The Morgan fingerprint density at radius 3 is 2.39 bits per heavy atom. The molecule has 3 saturated carbocycles. The molecule has 4 fully saturated rings. The summed E-state index contributed by atoms with van der Waals surface area (Å²) in [4.78, 5) is 45.0. The number of likely N-dealkylation sites (tertiary alicyclic amines) is 1. The van der Waals surface area contributed by atoms with Crippen molar-refractivity contribution >= 4 is 17.8 Å². The van der Waals surface area contributed by atoms with E-state index < -0.39 is 0 Å². The van der Waals surface area contributed by atoms with Crippen molar-refractivity contribution in [3.8, 4) is 17.0 Å². The monoisotopic (exact) mass is 671 g/mol. The number of pyridine rings is 2. The molecule has 0 unspecified atom stereocenters. The number of carbonyl (C=O) groups is 2. The quantitative estimate of drug-likeness (QED) is 0.211. The number of carbonyl (C=O) groups excluding carboxylic acids is 2. The van der Waals surface area contributed by atoms with Gasteiger partial charge in [-0.15, -0.1) is 0 Å². The molecule has 0 atom stereocenters. The molecule has 1 aliphatic heterocycles. The summed E-state index contributed by atoms with van der Waals surface area (Å²) >= 11 is 0. The van der Waals surface area contributed by atoms with Gasteiger partial charge in [0.1, 0.15) is 29.6 Å². The lowest BCUT2D eigenvalue weighted by Gasteiger charge is -2.39. The number of hydrogen-bond acceptors (Lipinski definition) is 9. The molecule has 0 spiro atoms. The Kier molecular flexibility index (Phi) is 10.2. The molecule has 0 radical (unpaired) electrons. The molecule has 262 valence electrons. The first-order valence-corrected chi connectivity index (χ1v) is 18.2. The average Bonchev–Trinajstić information content (AvgIpc) is 3.84. The minimum Gasteiger partial charge on any atom is -0.495 e. The lowest BCUT2D eigenvalue weighted by molar-refractivity contribution is -0.124. The summed E-state index contributed by atoms with van der Waals surface area (Å²) in [6.45, 7) is 6.38. The molecule has 11 heteroatoms. The number of amides is 2. The first kappa shape index (κ1) is 33.5. The van der Waals surface area contributed by atoms with Crippen molar-refractivity contribution in [3.05, 3.63) is 54.0 Å². The minimum absolute atomic E-state index is 0.102. The van der Waals surface area contributed by atoms with Gasteiger partial charge in [-0.25, -0.2) is 14.8 Å². The van der Waals surface area contributed by atoms with Gasteiger partial charge in [0.2, 0.25) is 5.91 Å². The van der Waals surface area contributed by atoms with Crippen LogP contribution in [0.25, 0.3) is 11.3 Å². The van der Waals surface area contributed by atoms with Crippen LogP contribution < -0.4 is 9.64 Å². The SMILES string of the molecule is CCOC1CN(C(=O)OC2CCC(C(=O)N(CC3CCC(c4ccc(OC)c(C)n4)CC3)c3cc(-c4coc(C5CC5)n4)ccn3)CC2)C1. The molecule has 2 amide bonds. The van der Waals surface area contributed by atoms with E-state index in [0.29, 0.717) is 75.5 Å². The zero-order valence-electron chi connectivity index (χ0n) is 29.0. The summed E-state index contributed by atoms with van der Waals surface area (Å²) in [5, 5.41) is 0. The fourth-order valence-electron chi connectivity index (χ4n) is 7.66. The first-order valence-electron chi connectivity index (χ1n) is 18.2. The predicted molar refractivity (Wildman–Crippen MR) is 184 cm³/mol. The van der Waals surface area contributed by atoms with E-state index in [1.807, 2.05) is 36.9 Å². The Hall–Kier alpha value is -3.99. The summed E-state index contributed by atoms with van der Waals surface area (Å²) in [7, 11) is 1.68. The highest BCUT2D eigenvalue weighted by atomic mass is 16.6. The number of anilines is 1. The second-order valence-corrected chi connectivity index (χ2v) is 14.3. The van der Waals surface area contributed by atoms with Gasteiger partial charge in [-0.1, -0.05) is 0 Å². The van der Waals surface area contributed by atoms with Crippen LogP contribution in [0.5, 0.6) is 5.75 Å². The third-order valence-electron chi connectivity index (χ3n) is 10.8. The van der Waals surface area contributed by atoms with E-state index in [9.17, 15) is 9.59 Å². The summed E-state index contributed by atoms with van der Waals surface area (Å²) < 4.78 is 22.6. The summed E-state index contributed by atoms with van der Waals surface area (Å²) in [6, 6.07) is 8.03. The van der Waals surface area contributed by atoms with E-state index in [1.54, 1.807) is 24.5 Å². The van der Waals surface area contributed by atoms with Crippen molar-refractivity contribution in [2.75, 3.05) is 38.3 Å². The summed E-state index contributed by atoms with van der Waals surface area (Å²) in [5.41, 5.74) is 3.72. The standard InChI is InChI=1S/C38H49N5O6/c1-4-47-31-21-42(22-31)38(45)49-30-13-11-28(12-14-30)37(44)43(35-19-29(17-18-39-35)33-23-48-36(41-33)27-9-10-27)20-25-5-7-26(8-6-25)32-15-16-34(46-3)24(2)40-32/h15-19,23,25-28,30-31H,4-14,20-22H2,1-3H3. The maximum atomic E-state index is 14.4. The van der Waals surface area contributed by atoms with E-state index >= 15 is 0 Å². The van der Waals surface area contributed by atoms with Crippen LogP contribution in [-0.2, 0) is 14.3 Å². The third-order valence-corrected chi connectivity index (χ3v) is 10.8. The van der Waals surface area contributed by atoms with E-state index in [0.717, 1.165) is 72.8 Å². The van der Waals surface area contributed by atoms with E-state index in [-0.39, 0.29) is 30.1 Å². The topological polar surface area (TPSA) is 120 Å². The second-order valence-electron chi connectivity index (χ2n) is 14.3. The van der Waals surface area contributed by atoms with Crippen molar-refractivity contribution in [1.82, 2.24) is 19.9 Å². The molecule has 4 aliphatic rings. The largest absolute Gasteiger partial charge is 0.495 e. The first-order chi connectivity index (χ1) is 23.9. The smallest absolute Gasteiger partial charge is 0.410 e. The van der Waals surface area contributed by atoms with Crippen LogP contribution in [0.15, 0.2) is 41.1 Å². The van der Waals surface area contributed by atoms with Crippen LogP contribution in [0.2, 0.25) is 0 Å². The van der Waals surface area contributed by atoms with Crippen LogP contribution in [-0.4, -0.2) is 77.4 Å². The van der Waals surface area contributed by atoms with E-state index in [1.165, 1.54) is 0 Å². The Bertz CT molecular complexity index is 1600. The lowest BCUT2D eigenvalue weighted by atomic mass is 9.79. The van der Waals surface area contributed by atoms with Gasteiger partial charge < -0.3 is 23.5 Å². The number of rotatable bonds is 11. The van der Waals surface area contributed by atoms with Crippen LogP contribution in [0.1, 0.15) is 100 Å². The zero-order valence-corrected chi connectivity index (χ0v) is 29.0. The Morgan fingerprint density at radius 1 is 0.939 bits per heavy atom. The number of aromatic nitrogens is 3. The molecule has 3 aromatic heterocycles. The molecule has 3 aromatic rings. The van der Waals surface area contributed by atoms with Gasteiger partial charge in [0, 0.05) is 48.4 Å². The minimum atomic E-state index is -0.276. The summed E-state index contributed by atoms with van der Waals surface area (Å²) in [5.74, 6) is 3.39. The van der Waals surface area contributed by atoms with Gasteiger partial charge in [-0.3, -0.25) is 14.7 Å². The van der Waals surface area contributed by atoms with Gasteiger partial charge in [-0.05, 0) is 108 Å². The molecular weight excluding hydrogens is 622 g/mol. The van der Waals surface area contributed by atoms with Crippen molar-refractivity contribution in [2.45, 2.75) is 102 Å². The van der Waals surface area contributed by atoms with E-state index in [4.69, 9.17) is 33.6 Å². The van der Waals surface area contributed by atoms with Crippen molar-refractivity contribution in [1.29, 1.82) is 0 Å². The molecule has 1 saturated heterocycles. The van der Waals surface area contributed by atoms with Gasteiger partial charge in [-0.2, -0.15) is 0 Å². The van der Waals surface area contributed by atoms with Gasteiger partial charge in [0.25, 0.3) is 0 Å². The number of oxazole rings is 1. The number of methoxy groups -OCH3 is 1. The third kappa shape index (κ3) is 7.77. The zero-order chi connectivity index (χ0) is 33.9. The number of hydrogen-bond donors (Lipinski definition) is 0. The van der Waals surface area contributed by atoms with Crippen molar-refractivity contribution in [3.63, 3.8) is 0 Å². The van der Waals surface area contributed by atoms with Gasteiger partial charge in [0.05, 0.1) is 32.0 Å². The van der Waals surface area contributed by atoms with E-state index in [2.05, 4.69) is 6.07 Å². The van der Waals surface area contributed by atoms with Crippen molar-refractivity contribution < 1.29 is 28.2 Å². The van der Waals surface area contributed by atoms with Crippen LogP contribution in [0.4, 0.5) is 10.6 Å². The van der Waals surface area contributed by atoms with Gasteiger partial charge in [0.15, 0.2) is 5.89 Å². The normalized spacial score (nSPS) is 24.3. The molecular formula is C38H49N5O6. The number of ether oxygens (including phenoxy) is 3. The Balaban J connectivity index is 1.02. The maximum absolute atomic E-state index is 14.4. The molecule has 3 aliphatic carbocycles. The summed E-state index contributed by atoms with van der Waals surface area (Å²) in [6.07, 6.45) is 12.2. The fourth-order valence-corrected chi connectivity index (χ4v) is 7.66. The molecule has 4 heterocycles. The van der Waals surface area contributed by atoms with Gasteiger partial charge >= 0.3 is 6.09 Å². The fraction of sp³-hybridized carbons (Fsp3) is 0.605. The number of nitrogens with zero attached hydrogens (tertiary/aromatic N) is 5. The molecule has 0 bridgehead atoms. The van der Waals surface area contributed by atoms with Crippen LogP contribution in [0.3, 0.4) is 0 Å². The average molecular weight is 672 g/mol. The molecule has 0 aromatic carbocycles. The highest BCUT2D eigenvalue weighted by Gasteiger charge is 2.37. The molecule has 49 heavy (non-hydrogen) atoms. The maximum Gasteiger partial charge on any atom is 0.410 e. The van der Waals surface area contributed by atoms with Crippen LogP contribution in [0, 0.1) is 18.8 Å². The van der Waals surface area contributed by atoms with Crippen molar-refractivity contribution in [2.24, 2.45) is 11.8 Å². The highest BCUT2D eigenvalue weighted by molar-refractivity contribution is 5.94. The Morgan fingerprint density at radius 2 is 1.69 bits per heavy atom. The van der Waals surface area contributed by atoms with Crippen LogP contribution >= 0.6 is 0 Å². The lowest BCUT2D eigenvalue weighted by Crippen LogP contribution is -2.55. The molecule has 7 rings (SSSR count). The Labute approximate surface area is 288 Å². The second kappa shape index (κ2) is 14.9. The highest BCUT2D eigenvalue weighted by Crippen LogP contribution is 2.41. The molecule has 11 nitrogen and oxygen atoms in total.